The number of nitro benzene ring substituents is 1. The van der Waals surface area contributed by atoms with E-state index in [1.54, 1.807) is 43.3 Å². The second kappa shape index (κ2) is 15.8. The highest BCUT2D eigenvalue weighted by atomic mass is 127. The van der Waals surface area contributed by atoms with Crippen molar-refractivity contribution in [2.45, 2.75) is 19.6 Å². The molecule has 1 aliphatic heterocycles. The lowest BCUT2D eigenvalue weighted by Crippen LogP contribution is -2.40. The summed E-state index contributed by atoms with van der Waals surface area (Å²) in [6.45, 7) is 2.01. The van der Waals surface area contributed by atoms with Gasteiger partial charge >= 0.3 is 5.97 Å². The van der Waals surface area contributed by atoms with Crippen LogP contribution in [0.3, 0.4) is 0 Å². The van der Waals surface area contributed by atoms with Crippen molar-refractivity contribution in [1.82, 2.24) is 4.57 Å². The Bertz CT molecular complexity index is 2360. The van der Waals surface area contributed by atoms with Gasteiger partial charge in [0.2, 0.25) is 0 Å². The first kappa shape index (κ1) is 36.2. The zero-order chi connectivity index (χ0) is 36.2. The van der Waals surface area contributed by atoms with E-state index in [-0.39, 0.29) is 30.0 Å². The van der Waals surface area contributed by atoms with Gasteiger partial charge in [-0.05, 0) is 106 Å². The maximum atomic E-state index is 14.5. The fourth-order valence-corrected chi connectivity index (χ4v) is 8.67. The van der Waals surface area contributed by atoms with Gasteiger partial charge in [-0.2, -0.15) is 0 Å². The molecular weight excluding hydrogens is 900 g/mol. The summed E-state index contributed by atoms with van der Waals surface area (Å²) < 4.78 is 26.6. The number of nitrogens with zero attached hydrogens (tertiary/aromatic N) is 3. The van der Waals surface area contributed by atoms with Crippen LogP contribution in [0, 0.1) is 17.3 Å². The van der Waals surface area contributed by atoms with Gasteiger partial charge in [0, 0.05) is 26.8 Å². The van der Waals surface area contributed by atoms with Crippen molar-refractivity contribution in [3.63, 3.8) is 0 Å². The summed E-state index contributed by atoms with van der Waals surface area (Å²) in [7, 11) is 3.06. The van der Waals surface area contributed by atoms with E-state index in [2.05, 4.69) is 45.2 Å². The predicted octanol–water partition coefficient (Wildman–Crippen LogP) is 6.65. The van der Waals surface area contributed by atoms with E-state index < -0.39 is 16.9 Å². The second-order valence-corrected chi connectivity index (χ2v) is 14.5. The molecule has 2 heterocycles. The molecule has 0 N–H and O–H groups in total. The van der Waals surface area contributed by atoms with Crippen molar-refractivity contribution >= 4 is 79.9 Å². The van der Waals surface area contributed by atoms with Gasteiger partial charge < -0.3 is 18.9 Å². The molecule has 0 unspecified atom stereocenters. The van der Waals surface area contributed by atoms with Crippen molar-refractivity contribution < 1.29 is 28.7 Å². The summed E-state index contributed by atoms with van der Waals surface area (Å²) in [6.07, 6.45) is 1.77. The normalized spacial score (nSPS) is 14.1. The topological polar surface area (TPSA) is 131 Å². The molecule has 11 nitrogen and oxygen atoms in total. The Morgan fingerprint density at radius 2 is 1.73 bits per heavy atom. The van der Waals surface area contributed by atoms with Gasteiger partial charge in [-0.25, -0.2) is 9.79 Å². The number of fused-ring (bicyclic) bond motifs is 1. The number of benzene rings is 4. The highest BCUT2D eigenvalue weighted by molar-refractivity contribution is 14.1. The monoisotopic (exact) mass is 929 g/mol. The minimum atomic E-state index is -0.911. The summed E-state index contributed by atoms with van der Waals surface area (Å²) in [5.41, 5.74) is 2.95. The summed E-state index contributed by atoms with van der Waals surface area (Å²) in [4.78, 5) is 44.4. The van der Waals surface area contributed by atoms with E-state index in [9.17, 15) is 19.7 Å². The van der Waals surface area contributed by atoms with E-state index in [4.69, 9.17) is 23.9 Å². The third kappa shape index (κ3) is 7.57. The molecule has 0 saturated heterocycles. The number of aromatic nitrogens is 1. The number of ether oxygens (including phenoxy) is 4. The average molecular weight is 930 g/mol. The molecule has 1 atom stereocenters. The fourth-order valence-electron chi connectivity index (χ4n) is 5.63. The van der Waals surface area contributed by atoms with Crippen LogP contribution in [0.5, 0.6) is 17.2 Å². The number of non-ortho nitro benzene ring substituents is 1. The smallest absolute Gasteiger partial charge is 0.338 e. The van der Waals surface area contributed by atoms with Crippen LogP contribution in [0.25, 0.3) is 11.8 Å². The Hall–Kier alpha value is -4.55. The largest absolute Gasteiger partial charge is 0.493 e. The first-order valence-corrected chi connectivity index (χ1v) is 18.5. The molecule has 0 fully saturated rings. The van der Waals surface area contributed by atoms with Crippen LogP contribution in [0.15, 0.2) is 100 Å². The molecule has 14 heteroatoms. The first-order chi connectivity index (χ1) is 24.6. The number of esters is 1. The van der Waals surface area contributed by atoms with E-state index in [1.807, 2.05) is 42.5 Å². The minimum absolute atomic E-state index is 0.00779. The Balaban J connectivity index is 1.55. The molecule has 51 heavy (non-hydrogen) atoms. The third-order valence-electron chi connectivity index (χ3n) is 7.95. The van der Waals surface area contributed by atoms with Crippen molar-refractivity contribution in [2.24, 2.45) is 4.99 Å². The molecule has 0 amide bonds. The van der Waals surface area contributed by atoms with Crippen LogP contribution in [0.1, 0.15) is 35.2 Å². The highest BCUT2D eigenvalue weighted by Crippen LogP contribution is 2.38. The van der Waals surface area contributed by atoms with Crippen molar-refractivity contribution in [3.05, 3.63) is 150 Å². The lowest BCUT2D eigenvalue weighted by molar-refractivity contribution is -0.384. The van der Waals surface area contributed by atoms with Gasteiger partial charge in [-0.1, -0.05) is 47.7 Å². The van der Waals surface area contributed by atoms with Gasteiger partial charge in [0.05, 0.1) is 51.2 Å². The Morgan fingerprint density at radius 3 is 2.39 bits per heavy atom. The summed E-state index contributed by atoms with van der Waals surface area (Å²) in [5.74, 6) is 0.882. The number of halogens is 2. The number of methoxy groups -OCH3 is 2. The Kier molecular flexibility index (Phi) is 11.2. The molecule has 0 spiro atoms. The Morgan fingerprint density at radius 1 is 1.00 bits per heavy atom. The second-order valence-electron chi connectivity index (χ2n) is 11.1. The van der Waals surface area contributed by atoms with Crippen LogP contribution >= 0.6 is 56.5 Å². The summed E-state index contributed by atoms with van der Waals surface area (Å²) in [5, 5.41) is 11.1. The van der Waals surface area contributed by atoms with Gasteiger partial charge in [-0.3, -0.25) is 19.5 Å². The molecule has 1 aromatic heterocycles. The molecule has 5 aromatic rings. The summed E-state index contributed by atoms with van der Waals surface area (Å²) >= 11 is 5.60. The van der Waals surface area contributed by atoms with Crippen LogP contribution < -0.4 is 29.1 Å². The zero-order valence-electron chi connectivity index (χ0n) is 27.4. The number of hydrogen-bond acceptors (Lipinski definition) is 10. The number of nitro groups is 1. The van der Waals surface area contributed by atoms with E-state index in [0.717, 1.165) is 12.7 Å². The Labute approximate surface area is 323 Å². The number of carbonyl (C=O) groups is 1. The third-order valence-corrected chi connectivity index (χ3v) is 10.4. The predicted molar refractivity (Wildman–Crippen MR) is 210 cm³/mol. The zero-order valence-corrected chi connectivity index (χ0v) is 32.6. The minimum Gasteiger partial charge on any atom is -0.493 e. The molecule has 0 saturated carbocycles. The van der Waals surface area contributed by atoms with Crippen LogP contribution in [-0.2, 0) is 16.1 Å². The number of carbonyl (C=O) groups excluding carboxylic acids is 1. The van der Waals surface area contributed by atoms with Gasteiger partial charge in [-0.15, -0.1) is 0 Å². The molecule has 1 aliphatic rings. The standard InChI is InChI=1S/C37H29I2N3O8S/c1-4-49-36(44)31-32(22-8-6-5-7-9-22)40-37-41(33(31)23-12-15-28(47-2)29(17-23)48-3)35(43)30(51-37)18-24-16-25(38)19-27(39)34(24)50-20-21-10-13-26(14-11-21)42(45)46/h5-19,33H,4,20H2,1-3H3/b30-18-/t33-/m1/s1. The molecule has 6 rings (SSSR count). The average Bonchev–Trinajstić information content (AvgIpc) is 3.44. The SMILES string of the molecule is CCOC(=O)C1=C(c2ccccc2)N=c2s/c(=C\c3cc(I)cc(I)c3OCc3ccc([N+](=O)[O-])cc3)c(=O)n2[C@@H]1c1ccc(OC)c(OC)c1. The van der Waals surface area contributed by atoms with E-state index in [1.165, 1.54) is 42.3 Å². The van der Waals surface area contributed by atoms with Crippen molar-refractivity contribution in [1.29, 1.82) is 0 Å². The van der Waals surface area contributed by atoms with Crippen LogP contribution in [0.4, 0.5) is 5.69 Å². The van der Waals surface area contributed by atoms with E-state index in [0.29, 0.717) is 49.0 Å². The number of rotatable bonds is 11. The van der Waals surface area contributed by atoms with Gasteiger partial charge in [0.1, 0.15) is 12.4 Å². The fraction of sp³-hybridized carbons (Fsp3) is 0.162. The lowest BCUT2D eigenvalue weighted by atomic mass is 9.93. The number of thiazole rings is 1. The number of hydrogen-bond donors (Lipinski definition) is 0. The maximum Gasteiger partial charge on any atom is 0.338 e. The van der Waals surface area contributed by atoms with Gasteiger partial charge in [0.15, 0.2) is 16.3 Å². The van der Waals surface area contributed by atoms with Crippen LogP contribution in [-0.4, -0.2) is 36.3 Å². The first-order valence-electron chi connectivity index (χ1n) is 15.5. The molecular formula is C37H29I2N3O8S. The van der Waals surface area contributed by atoms with E-state index >= 15 is 0 Å². The lowest BCUT2D eigenvalue weighted by Gasteiger charge is -2.26. The van der Waals surface area contributed by atoms with Crippen LogP contribution in [0.2, 0.25) is 0 Å². The van der Waals surface area contributed by atoms with Gasteiger partial charge in [0.25, 0.3) is 11.2 Å². The maximum absolute atomic E-state index is 14.5. The molecule has 260 valence electrons. The highest BCUT2D eigenvalue weighted by Gasteiger charge is 2.35. The quantitative estimate of drug-likeness (QED) is 0.0624. The van der Waals surface area contributed by atoms with Crippen molar-refractivity contribution in [3.8, 4) is 17.2 Å². The molecule has 4 aromatic carbocycles. The van der Waals surface area contributed by atoms with Crippen molar-refractivity contribution in [2.75, 3.05) is 20.8 Å². The summed E-state index contributed by atoms with van der Waals surface area (Å²) in [6, 6.07) is 23.7. The molecule has 0 aliphatic carbocycles. The molecule has 0 bridgehead atoms. The molecule has 0 radical (unpaired) electrons.